The number of benzene rings is 1. The molecule has 2 rings (SSSR count). The molecule has 0 spiro atoms. The third-order valence-corrected chi connectivity index (χ3v) is 3.56. The fourth-order valence-corrected chi connectivity index (χ4v) is 2.25. The Hall–Kier alpha value is -0.590. The van der Waals surface area contributed by atoms with Crippen LogP contribution < -0.4 is 5.32 Å². The third kappa shape index (κ3) is 3.24. The van der Waals surface area contributed by atoms with Crippen molar-refractivity contribution in [2.45, 2.75) is 11.6 Å². The van der Waals surface area contributed by atoms with Gasteiger partial charge in [-0.15, -0.1) is 0 Å². The lowest BCUT2D eigenvalue weighted by molar-refractivity contribution is -0.179. The van der Waals surface area contributed by atoms with Crippen LogP contribution in [0.1, 0.15) is 5.56 Å². The maximum Gasteiger partial charge on any atom is 0.411 e. The zero-order chi connectivity index (χ0) is 13.2. The molecule has 2 nitrogen and oxygen atoms in total. The number of alkyl halides is 3. The fourth-order valence-electron chi connectivity index (χ4n) is 1.98. The second kappa shape index (κ2) is 5.19. The van der Waals surface area contributed by atoms with Crippen molar-refractivity contribution in [2.24, 2.45) is 0 Å². The van der Waals surface area contributed by atoms with Gasteiger partial charge in [0.25, 0.3) is 0 Å². The molecule has 1 N–H and O–H groups in total. The van der Waals surface area contributed by atoms with E-state index in [9.17, 15) is 13.2 Å². The van der Waals surface area contributed by atoms with Crippen LogP contribution in [0.25, 0.3) is 0 Å². The molecule has 1 aromatic rings. The summed E-state index contributed by atoms with van der Waals surface area (Å²) in [7, 11) is 0. The fraction of sp³-hybridized carbons (Fsp3) is 0.500. The highest BCUT2D eigenvalue weighted by Gasteiger charge is 2.40. The van der Waals surface area contributed by atoms with Crippen LogP contribution in [0.5, 0.6) is 0 Å². The second-order valence-corrected chi connectivity index (χ2v) is 5.41. The molecule has 1 heterocycles. The number of rotatable bonds is 4. The molecule has 100 valence electrons. The highest BCUT2D eigenvalue weighted by atomic mass is 79.9. The quantitative estimate of drug-likeness (QED) is 0.920. The number of halogens is 4. The van der Waals surface area contributed by atoms with Crippen LogP contribution in [0.2, 0.25) is 0 Å². The van der Waals surface area contributed by atoms with E-state index in [2.05, 4.69) is 21.2 Å². The van der Waals surface area contributed by atoms with Gasteiger partial charge in [-0.05, 0) is 17.7 Å². The Morgan fingerprint density at radius 3 is 2.28 bits per heavy atom. The molecule has 1 aromatic carbocycles. The average molecular weight is 324 g/mol. The van der Waals surface area contributed by atoms with E-state index < -0.39 is 12.8 Å². The zero-order valence-electron chi connectivity index (χ0n) is 9.56. The maximum absolute atomic E-state index is 12.1. The predicted octanol–water partition coefficient (Wildman–Crippen LogP) is 2.87. The van der Waals surface area contributed by atoms with Crippen molar-refractivity contribution in [3.8, 4) is 0 Å². The molecule has 0 radical (unpaired) electrons. The van der Waals surface area contributed by atoms with Gasteiger partial charge >= 0.3 is 6.18 Å². The van der Waals surface area contributed by atoms with Crippen LogP contribution in [0.3, 0.4) is 0 Å². The van der Waals surface area contributed by atoms with Crippen LogP contribution in [0, 0.1) is 0 Å². The van der Waals surface area contributed by atoms with Crippen molar-refractivity contribution in [2.75, 3.05) is 26.3 Å². The minimum Gasteiger partial charge on any atom is -0.371 e. The average Bonchev–Trinajstić information content (AvgIpc) is 2.22. The topological polar surface area (TPSA) is 21.3 Å². The molecule has 0 aromatic heterocycles. The van der Waals surface area contributed by atoms with Gasteiger partial charge in [-0.2, -0.15) is 13.2 Å². The molecule has 0 atom stereocenters. The summed E-state index contributed by atoms with van der Waals surface area (Å²) in [6.07, 6.45) is -4.27. The monoisotopic (exact) mass is 323 g/mol. The van der Waals surface area contributed by atoms with Crippen molar-refractivity contribution in [1.29, 1.82) is 0 Å². The number of hydrogen-bond acceptors (Lipinski definition) is 2. The molecule has 0 amide bonds. The first kappa shape index (κ1) is 13.8. The molecule has 0 saturated carbocycles. The molecule has 1 fully saturated rings. The summed E-state index contributed by atoms with van der Waals surface area (Å²) in [6, 6.07) is 7.61. The molecule has 1 saturated heterocycles. The Morgan fingerprint density at radius 2 is 1.83 bits per heavy atom. The summed E-state index contributed by atoms with van der Waals surface area (Å²) in [5.74, 6) is 0. The van der Waals surface area contributed by atoms with Gasteiger partial charge in [0.1, 0.15) is 6.61 Å². The van der Waals surface area contributed by atoms with E-state index in [1.807, 2.05) is 24.3 Å². The van der Waals surface area contributed by atoms with Crippen molar-refractivity contribution >= 4 is 15.9 Å². The van der Waals surface area contributed by atoms with Crippen LogP contribution in [0.15, 0.2) is 28.7 Å². The Morgan fingerprint density at radius 1 is 1.22 bits per heavy atom. The first-order valence-electron chi connectivity index (χ1n) is 5.53. The van der Waals surface area contributed by atoms with Crippen LogP contribution in [0.4, 0.5) is 13.2 Å². The lowest BCUT2D eigenvalue weighted by Crippen LogP contribution is -2.59. The molecule has 1 aliphatic rings. The van der Waals surface area contributed by atoms with Gasteiger partial charge in [-0.25, -0.2) is 0 Å². The van der Waals surface area contributed by atoms with E-state index in [0.717, 1.165) is 10.0 Å². The molecule has 0 aliphatic carbocycles. The Labute approximate surface area is 112 Å². The summed E-state index contributed by atoms with van der Waals surface area (Å²) in [4.78, 5) is 0. The van der Waals surface area contributed by atoms with Gasteiger partial charge < -0.3 is 10.1 Å². The largest absolute Gasteiger partial charge is 0.411 e. The van der Waals surface area contributed by atoms with E-state index in [0.29, 0.717) is 13.1 Å². The maximum atomic E-state index is 12.1. The highest BCUT2D eigenvalue weighted by molar-refractivity contribution is 9.10. The summed E-state index contributed by atoms with van der Waals surface area (Å²) in [5.41, 5.74) is 0.679. The SMILES string of the molecule is FC(F)(F)COCC1(c2ccc(Br)cc2)CNC1. The predicted molar refractivity (Wildman–Crippen MR) is 65.6 cm³/mol. The van der Waals surface area contributed by atoms with Crippen molar-refractivity contribution in [1.82, 2.24) is 5.32 Å². The van der Waals surface area contributed by atoms with Gasteiger partial charge in [-0.1, -0.05) is 28.1 Å². The van der Waals surface area contributed by atoms with Gasteiger partial charge in [0.05, 0.1) is 6.61 Å². The number of ether oxygens (including phenoxy) is 1. The Balaban J connectivity index is 2.00. The Bertz CT molecular complexity index is 401. The van der Waals surface area contributed by atoms with Gasteiger partial charge in [-0.3, -0.25) is 0 Å². The standard InChI is InChI=1S/C12H13BrF3NO/c13-10-3-1-9(2-4-10)11(5-17-6-11)7-18-8-12(14,15)16/h1-4,17H,5-8H2. The third-order valence-electron chi connectivity index (χ3n) is 3.03. The molecule has 0 bridgehead atoms. The van der Waals surface area contributed by atoms with Crippen molar-refractivity contribution in [3.05, 3.63) is 34.3 Å². The normalized spacial score (nSPS) is 18.4. The zero-order valence-corrected chi connectivity index (χ0v) is 11.1. The number of nitrogens with one attached hydrogen (secondary N) is 1. The summed E-state index contributed by atoms with van der Waals surface area (Å²) in [5, 5.41) is 3.09. The summed E-state index contributed by atoms with van der Waals surface area (Å²) >= 11 is 3.34. The first-order valence-corrected chi connectivity index (χ1v) is 6.32. The van der Waals surface area contributed by atoms with Crippen molar-refractivity contribution < 1.29 is 17.9 Å². The summed E-state index contributed by atoms with van der Waals surface area (Å²) < 4.78 is 41.9. The minimum atomic E-state index is -4.27. The van der Waals surface area contributed by atoms with E-state index in [4.69, 9.17) is 4.74 Å². The lowest BCUT2D eigenvalue weighted by Gasteiger charge is -2.43. The van der Waals surface area contributed by atoms with Crippen LogP contribution in [-0.4, -0.2) is 32.5 Å². The highest BCUT2D eigenvalue weighted by Crippen LogP contribution is 2.30. The first-order chi connectivity index (χ1) is 8.41. The van der Waals surface area contributed by atoms with Crippen LogP contribution in [-0.2, 0) is 10.2 Å². The van der Waals surface area contributed by atoms with Gasteiger partial charge in [0.2, 0.25) is 0 Å². The van der Waals surface area contributed by atoms with E-state index in [1.165, 1.54) is 0 Å². The second-order valence-electron chi connectivity index (χ2n) is 4.50. The van der Waals surface area contributed by atoms with E-state index >= 15 is 0 Å². The van der Waals surface area contributed by atoms with Gasteiger partial charge in [0, 0.05) is 23.0 Å². The van der Waals surface area contributed by atoms with Crippen LogP contribution >= 0.6 is 15.9 Å². The van der Waals surface area contributed by atoms with E-state index in [-0.39, 0.29) is 12.0 Å². The minimum absolute atomic E-state index is 0.0845. The molecular weight excluding hydrogens is 311 g/mol. The molecule has 0 unspecified atom stereocenters. The smallest absolute Gasteiger partial charge is 0.371 e. The number of hydrogen-bond donors (Lipinski definition) is 1. The molecule has 18 heavy (non-hydrogen) atoms. The molecular formula is C12H13BrF3NO. The molecule has 6 heteroatoms. The molecule has 1 aliphatic heterocycles. The lowest BCUT2D eigenvalue weighted by atomic mass is 9.76. The van der Waals surface area contributed by atoms with Gasteiger partial charge in [0.15, 0.2) is 0 Å². The van der Waals surface area contributed by atoms with Crippen molar-refractivity contribution in [3.63, 3.8) is 0 Å². The van der Waals surface area contributed by atoms with E-state index in [1.54, 1.807) is 0 Å². The Kier molecular flexibility index (Phi) is 3.99. The summed E-state index contributed by atoms with van der Waals surface area (Å²) in [6.45, 7) is 0.186.